The Labute approximate surface area is 118 Å². The predicted octanol–water partition coefficient (Wildman–Crippen LogP) is 4.34. The van der Waals surface area contributed by atoms with Crippen LogP contribution in [0, 0.1) is 0 Å². The first-order valence-corrected chi connectivity index (χ1v) is 7.74. The normalized spacial score (nSPS) is 10.7. The van der Waals surface area contributed by atoms with Crippen LogP contribution in [0.15, 0.2) is 39.0 Å². The standard InChI is InChI=1S/C12H12BrNOS2/c1-15-6-10-7-17-12(14-10)8-16-11-4-2-9(13)3-5-11/h2-5,7H,6,8H2,1H3. The van der Waals surface area contributed by atoms with Crippen molar-refractivity contribution in [1.29, 1.82) is 0 Å². The van der Waals surface area contributed by atoms with E-state index in [-0.39, 0.29) is 0 Å². The number of nitrogens with zero attached hydrogens (tertiary/aromatic N) is 1. The fraction of sp³-hybridized carbons (Fsp3) is 0.250. The van der Waals surface area contributed by atoms with E-state index < -0.39 is 0 Å². The summed E-state index contributed by atoms with van der Waals surface area (Å²) in [6.07, 6.45) is 0. The van der Waals surface area contributed by atoms with Gasteiger partial charge in [-0.05, 0) is 24.3 Å². The molecule has 0 atom stereocenters. The quantitative estimate of drug-likeness (QED) is 0.761. The van der Waals surface area contributed by atoms with Gasteiger partial charge in [0.25, 0.3) is 0 Å². The van der Waals surface area contributed by atoms with Crippen molar-refractivity contribution >= 4 is 39.0 Å². The lowest BCUT2D eigenvalue weighted by Crippen LogP contribution is -1.88. The average molecular weight is 330 g/mol. The molecule has 5 heteroatoms. The lowest BCUT2D eigenvalue weighted by Gasteiger charge is -1.99. The van der Waals surface area contributed by atoms with Crippen molar-refractivity contribution in [3.63, 3.8) is 0 Å². The van der Waals surface area contributed by atoms with Crippen LogP contribution in [0.1, 0.15) is 10.7 Å². The van der Waals surface area contributed by atoms with Gasteiger partial charge in [0, 0.05) is 21.9 Å². The van der Waals surface area contributed by atoms with Crippen LogP contribution in [0.5, 0.6) is 0 Å². The largest absolute Gasteiger partial charge is 0.378 e. The van der Waals surface area contributed by atoms with Crippen LogP contribution in [0.2, 0.25) is 0 Å². The third-order valence-corrected chi connectivity index (χ3v) is 4.70. The van der Waals surface area contributed by atoms with Crippen LogP contribution in [0.25, 0.3) is 0 Å². The lowest BCUT2D eigenvalue weighted by molar-refractivity contribution is 0.182. The molecule has 2 rings (SSSR count). The van der Waals surface area contributed by atoms with Gasteiger partial charge in [-0.25, -0.2) is 4.98 Å². The molecular weight excluding hydrogens is 318 g/mol. The van der Waals surface area contributed by atoms with Crippen molar-refractivity contribution in [1.82, 2.24) is 4.98 Å². The minimum atomic E-state index is 0.597. The molecule has 0 spiro atoms. The first-order valence-electron chi connectivity index (χ1n) is 5.08. The second-order valence-electron chi connectivity index (χ2n) is 3.41. The zero-order valence-electron chi connectivity index (χ0n) is 9.35. The topological polar surface area (TPSA) is 22.1 Å². The Bertz CT molecular complexity index is 470. The number of rotatable bonds is 5. The first-order chi connectivity index (χ1) is 8.28. The van der Waals surface area contributed by atoms with E-state index in [1.165, 1.54) is 4.90 Å². The third-order valence-electron chi connectivity index (χ3n) is 2.07. The van der Waals surface area contributed by atoms with Crippen molar-refractivity contribution in [2.75, 3.05) is 7.11 Å². The molecule has 2 nitrogen and oxygen atoms in total. The summed E-state index contributed by atoms with van der Waals surface area (Å²) in [5.41, 5.74) is 1.02. The molecule has 0 bridgehead atoms. The Hall–Kier alpha value is -0.360. The van der Waals surface area contributed by atoms with Gasteiger partial charge in [0.2, 0.25) is 0 Å². The summed E-state index contributed by atoms with van der Waals surface area (Å²) in [7, 11) is 1.69. The van der Waals surface area contributed by atoms with Gasteiger partial charge in [-0.1, -0.05) is 15.9 Å². The predicted molar refractivity (Wildman–Crippen MR) is 76.5 cm³/mol. The Morgan fingerprint density at radius 1 is 1.35 bits per heavy atom. The van der Waals surface area contributed by atoms with Gasteiger partial charge in [-0.15, -0.1) is 23.1 Å². The van der Waals surface area contributed by atoms with E-state index in [4.69, 9.17) is 4.74 Å². The zero-order chi connectivity index (χ0) is 12.1. The molecule has 0 aliphatic rings. The summed E-state index contributed by atoms with van der Waals surface area (Å²) >= 11 is 6.92. The number of benzene rings is 1. The SMILES string of the molecule is COCc1csc(CSc2ccc(Br)cc2)n1. The molecule has 0 aliphatic carbocycles. The van der Waals surface area contributed by atoms with Crippen LogP contribution < -0.4 is 0 Å². The number of thiazole rings is 1. The van der Waals surface area contributed by atoms with Crippen LogP contribution in [0.4, 0.5) is 0 Å². The van der Waals surface area contributed by atoms with Gasteiger partial charge in [0.15, 0.2) is 0 Å². The molecule has 0 N–H and O–H groups in total. The van der Waals surface area contributed by atoms with E-state index in [1.807, 2.05) is 0 Å². The van der Waals surface area contributed by atoms with Gasteiger partial charge >= 0.3 is 0 Å². The third kappa shape index (κ3) is 4.10. The van der Waals surface area contributed by atoms with E-state index in [0.717, 1.165) is 20.9 Å². The van der Waals surface area contributed by atoms with Gasteiger partial charge in [-0.3, -0.25) is 0 Å². The van der Waals surface area contributed by atoms with Crippen molar-refractivity contribution < 1.29 is 4.74 Å². The summed E-state index contributed by atoms with van der Waals surface area (Å²) in [4.78, 5) is 5.76. The molecule has 0 radical (unpaired) electrons. The number of hydrogen-bond donors (Lipinski definition) is 0. The molecule has 1 heterocycles. The van der Waals surface area contributed by atoms with Gasteiger partial charge < -0.3 is 4.74 Å². The van der Waals surface area contributed by atoms with Crippen molar-refractivity contribution in [3.05, 3.63) is 44.8 Å². The molecule has 0 saturated heterocycles. The summed E-state index contributed by atoms with van der Waals surface area (Å²) in [5, 5.41) is 3.20. The summed E-state index contributed by atoms with van der Waals surface area (Å²) in [6, 6.07) is 8.33. The molecule has 17 heavy (non-hydrogen) atoms. The number of methoxy groups -OCH3 is 1. The maximum Gasteiger partial charge on any atom is 0.103 e. The number of halogens is 1. The highest BCUT2D eigenvalue weighted by Gasteiger charge is 2.02. The minimum absolute atomic E-state index is 0.597. The van der Waals surface area contributed by atoms with Gasteiger partial charge in [0.1, 0.15) is 5.01 Å². The van der Waals surface area contributed by atoms with Crippen LogP contribution >= 0.6 is 39.0 Å². The smallest absolute Gasteiger partial charge is 0.103 e. The molecule has 2 aromatic rings. The Kier molecular flexibility index (Phi) is 5.03. The van der Waals surface area contributed by atoms with Crippen molar-refractivity contribution in [2.45, 2.75) is 17.3 Å². The molecule has 0 fully saturated rings. The highest BCUT2D eigenvalue weighted by molar-refractivity contribution is 9.10. The second kappa shape index (κ2) is 6.54. The lowest BCUT2D eigenvalue weighted by atomic mass is 10.4. The van der Waals surface area contributed by atoms with E-state index in [1.54, 1.807) is 30.2 Å². The van der Waals surface area contributed by atoms with Gasteiger partial charge in [0.05, 0.1) is 18.1 Å². The molecule has 0 amide bonds. The Morgan fingerprint density at radius 3 is 2.82 bits per heavy atom. The second-order valence-corrected chi connectivity index (χ2v) is 6.32. The zero-order valence-corrected chi connectivity index (χ0v) is 12.6. The Morgan fingerprint density at radius 2 is 2.12 bits per heavy atom. The molecule has 90 valence electrons. The maximum absolute atomic E-state index is 5.05. The number of aromatic nitrogens is 1. The highest BCUT2D eigenvalue weighted by Crippen LogP contribution is 2.25. The van der Waals surface area contributed by atoms with E-state index in [9.17, 15) is 0 Å². The average Bonchev–Trinajstić information content (AvgIpc) is 2.77. The monoisotopic (exact) mass is 329 g/mol. The van der Waals surface area contributed by atoms with Crippen molar-refractivity contribution in [2.24, 2.45) is 0 Å². The van der Waals surface area contributed by atoms with Crippen LogP contribution in [0.3, 0.4) is 0 Å². The van der Waals surface area contributed by atoms with E-state index >= 15 is 0 Å². The molecule has 0 aliphatic heterocycles. The number of thioether (sulfide) groups is 1. The first kappa shape index (κ1) is 13.1. The maximum atomic E-state index is 5.05. The summed E-state index contributed by atoms with van der Waals surface area (Å²) in [5.74, 6) is 0.913. The minimum Gasteiger partial charge on any atom is -0.378 e. The molecule has 0 saturated carbocycles. The summed E-state index contributed by atoms with van der Waals surface area (Å²) < 4.78 is 6.16. The molecule has 1 aromatic heterocycles. The molecule has 0 unspecified atom stereocenters. The molecular formula is C12H12BrNOS2. The highest BCUT2D eigenvalue weighted by atomic mass is 79.9. The Balaban J connectivity index is 1.90. The van der Waals surface area contributed by atoms with Crippen LogP contribution in [-0.4, -0.2) is 12.1 Å². The van der Waals surface area contributed by atoms with E-state index in [2.05, 4.69) is 50.6 Å². The molecule has 1 aromatic carbocycles. The fourth-order valence-corrected chi connectivity index (χ4v) is 3.26. The number of ether oxygens (including phenoxy) is 1. The van der Waals surface area contributed by atoms with E-state index in [0.29, 0.717) is 6.61 Å². The fourth-order valence-electron chi connectivity index (χ4n) is 1.31. The summed E-state index contributed by atoms with van der Waals surface area (Å²) in [6.45, 7) is 0.597. The van der Waals surface area contributed by atoms with Crippen LogP contribution in [-0.2, 0) is 17.1 Å². The van der Waals surface area contributed by atoms with Gasteiger partial charge in [-0.2, -0.15) is 0 Å². The number of hydrogen-bond acceptors (Lipinski definition) is 4. The van der Waals surface area contributed by atoms with Crippen molar-refractivity contribution in [3.8, 4) is 0 Å².